The number of benzene rings is 1. The SMILES string of the molecule is COCCN1CCN(C(=O)C[C@]2(c3cccc(C(F)(F)F)c3)CC(=O)N(C3CC3)C2=O)CC1. The second kappa shape index (κ2) is 9.06. The van der Waals surface area contributed by atoms with Crippen molar-refractivity contribution in [2.75, 3.05) is 46.4 Å². The molecule has 2 aliphatic heterocycles. The van der Waals surface area contributed by atoms with E-state index in [0.717, 1.165) is 18.7 Å². The zero-order valence-electron chi connectivity index (χ0n) is 18.6. The number of alkyl halides is 3. The van der Waals surface area contributed by atoms with Gasteiger partial charge in [-0.1, -0.05) is 18.2 Å². The monoisotopic (exact) mass is 467 g/mol. The van der Waals surface area contributed by atoms with Crippen molar-refractivity contribution in [1.82, 2.24) is 14.7 Å². The molecular formula is C23H28F3N3O4. The van der Waals surface area contributed by atoms with Crippen molar-refractivity contribution in [3.8, 4) is 0 Å². The molecule has 3 fully saturated rings. The largest absolute Gasteiger partial charge is 0.416 e. The van der Waals surface area contributed by atoms with Crippen LogP contribution in [0.2, 0.25) is 0 Å². The molecule has 0 aromatic heterocycles. The maximum atomic E-state index is 13.5. The van der Waals surface area contributed by atoms with Crippen LogP contribution in [0.4, 0.5) is 13.2 Å². The number of hydrogen-bond acceptors (Lipinski definition) is 5. The molecule has 10 heteroatoms. The van der Waals surface area contributed by atoms with E-state index in [0.29, 0.717) is 45.6 Å². The molecule has 1 aromatic carbocycles. The summed E-state index contributed by atoms with van der Waals surface area (Å²) in [6.07, 6.45) is -3.83. The number of likely N-dealkylation sites (tertiary alicyclic amines) is 1. The lowest BCUT2D eigenvalue weighted by atomic mass is 9.75. The van der Waals surface area contributed by atoms with E-state index in [1.54, 1.807) is 12.0 Å². The van der Waals surface area contributed by atoms with Crippen molar-refractivity contribution >= 4 is 17.7 Å². The fraction of sp³-hybridized carbons (Fsp3) is 0.609. The highest BCUT2D eigenvalue weighted by atomic mass is 19.4. The van der Waals surface area contributed by atoms with Crippen LogP contribution in [0.3, 0.4) is 0 Å². The van der Waals surface area contributed by atoms with E-state index in [1.807, 2.05) is 0 Å². The van der Waals surface area contributed by atoms with E-state index in [-0.39, 0.29) is 30.4 Å². The number of nitrogens with zero attached hydrogens (tertiary/aromatic N) is 3. The fourth-order valence-corrected chi connectivity index (χ4v) is 4.74. The number of rotatable bonds is 7. The zero-order chi connectivity index (χ0) is 23.8. The van der Waals surface area contributed by atoms with Crippen LogP contribution in [0.25, 0.3) is 0 Å². The van der Waals surface area contributed by atoms with Crippen molar-refractivity contribution in [3.05, 3.63) is 35.4 Å². The van der Waals surface area contributed by atoms with Crippen LogP contribution >= 0.6 is 0 Å². The summed E-state index contributed by atoms with van der Waals surface area (Å²) < 4.78 is 45.3. The van der Waals surface area contributed by atoms with Crippen LogP contribution < -0.4 is 0 Å². The molecule has 0 bridgehead atoms. The summed E-state index contributed by atoms with van der Waals surface area (Å²) >= 11 is 0. The van der Waals surface area contributed by atoms with E-state index in [2.05, 4.69) is 4.90 Å². The van der Waals surface area contributed by atoms with E-state index in [1.165, 1.54) is 17.0 Å². The average Bonchev–Trinajstić information content (AvgIpc) is 3.58. The summed E-state index contributed by atoms with van der Waals surface area (Å²) in [7, 11) is 1.62. The van der Waals surface area contributed by atoms with Gasteiger partial charge < -0.3 is 9.64 Å². The Morgan fingerprint density at radius 2 is 1.85 bits per heavy atom. The first-order chi connectivity index (χ1) is 15.7. The Morgan fingerprint density at radius 1 is 1.15 bits per heavy atom. The zero-order valence-corrected chi connectivity index (χ0v) is 18.6. The van der Waals surface area contributed by atoms with Gasteiger partial charge in [0.15, 0.2) is 0 Å². The van der Waals surface area contributed by atoms with Crippen LogP contribution in [0, 0.1) is 0 Å². The third-order valence-corrected chi connectivity index (χ3v) is 6.79. The molecule has 3 amide bonds. The normalized spacial score (nSPS) is 24.6. The van der Waals surface area contributed by atoms with Gasteiger partial charge in [0.2, 0.25) is 17.7 Å². The molecule has 7 nitrogen and oxygen atoms in total. The van der Waals surface area contributed by atoms with Gasteiger partial charge in [-0.15, -0.1) is 0 Å². The van der Waals surface area contributed by atoms with Gasteiger partial charge in [0.1, 0.15) is 0 Å². The number of hydrogen-bond donors (Lipinski definition) is 0. The standard InChI is InChI=1S/C23H28F3N3O4/c1-33-12-11-27-7-9-28(10-8-27)19(30)14-22(15-20(31)29(21(22)32)18-5-6-18)16-3-2-4-17(13-16)23(24,25)26/h2-4,13,18H,5-12,14-15H2,1H3/t22-/m1/s1. The van der Waals surface area contributed by atoms with Gasteiger partial charge in [-0.05, 0) is 24.5 Å². The summed E-state index contributed by atoms with van der Waals surface area (Å²) in [6.45, 7) is 3.53. The molecule has 1 aromatic rings. The molecule has 33 heavy (non-hydrogen) atoms. The van der Waals surface area contributed by atoms with Gasteiger partial charge in [-0.2, -0.15) is 13.2 Å². The maximum Gasteiger partial charge on any atom is 0.416 e. The van der Waals surface area contributed by atoms with Crippen molar-refractivity contribution in [2.24, 2.45) is 0 Å². The smallest absolute Gasteiger partial charge is 0.383 e. The molecule has 1 aliphatic carbocycles. The minimum absolute atomic E-state index is 0.0749. The minimum Gasteiger partial charge on any atom is -0.383 e. The number of imide groups is 1. The predicted molar refractivity (Wildman–Crippen MR) is 112 cm³/mol. The Balaban J connectivity index is 1.59. The Kier molecular flexibility index (Phi) is 6.50. The van der Waals surface area contributed by atoms with E-state index in [9.17, 15) is 27.6 Å². The molecule has 0 unspecified atom stereocenters. The fourth-order valence-electron chi connectivity index (χ4n) is 4.74. The van der Waals surface area contributed by atoms with Crippen LogP contribution in [0.15, 0.2) is 24.3 Å². The molecule has 1 saturated carbocycles. The number of methoxy groups -OCH3 is 1. The van der Waals surface area contributed by atoms with Gasteiger partial charge in [0.05, 0.1) is 17.6 Å². The molecule has 180 valence electrons. The average molecular weight is 467 g/mol. The highest BCUT2D eigenvalue weighted by molar-refractivity contribution is 6.11. The maximum absolute atomic E-state index is 13.5. The first-order valence-corrected chi connectivity index (χ1v) is 11.2. The van der Waals surface area contributed by atoms with Gasteiger partial charge in [-0.3, -0.25) is 24.2 Å². The number of carbonyl (C=O) groups is 3. The van der Waals surface area contributed by atoms with Crippen LogP contribution in [0.1, 0.15) is 36.8 Å². The molecule has 0 spiro atoms. The predicted octanol–water partition coefficient (Wildman–Crippen LogP) is 2.05. The summed E-state index contributed by atoms with van der Waals surface area (Å²) in [6, 6.07) is 4.29. The summed E-state index contributed by atoms with van der Waals surface area (Å²) in [5.74, 6) is -1.30. The number of amides is 3. The van der Waals surface area contributed by atoms with Crippen LogP contribution in [-0.4, -0.2) is 84.9 Å². The molecule has 2 saturated heterocycles. The van der Waals surface area contributed by atoms with Gasteiger partial charge in [-0.25, -0.2) is 0 Å². The topological polar surface area (TPSA) is 70.2 Å². The van der Waals surface area contributed by atoms with Gasteiger partial charge in [0, 0.05) is 58.7 Å². The number of halogens is 3. The van der Waals surface area contributed by atoms with Crippen molar-refractivity contribution in [2.45, 2.75) is 43.3 Å². The Labute approximate surface area is 190 Å². The highest BCUT2D eigenvalue weighted by Gasteiger charge is 2.57. The molecule has 3 aliphatic rings. The molecule has 0 radical (unpaired) electrons. The highest BCUT2D eigenvalue weighted by Crippen LogP contribution is 2.45. The van der Waals surface area contributed by atoms with Crippen molar-refractivity contribution < 1.29 is 32.3 Å². The Morgan fingerprint density at radius 3 is 2.45 bits per heavy atom. The molecule has 4 rings (SSSR count). The Bertz CT molecular complexity index is 926. The third kappa shape index (κ3) is 4.77. The molecule has 2 heterocycles. The summed E-state index contributed by atoms with van der Waals surface area (Å²) in [5.41, 5.74) is -2.43. The second-order valence-electron chi connectivity index (χ2n) is 9.03. The van der Waals surface area contributed by atoms with Gasteiger partial charge in [0.25, 0.3) is 0 Å². The molecule has 1 atom stereocenters. The van der Waals surface area contributed by atoms with Crippen LogP contribution in [0.5, 0.6) is 0 Å². The van der Waals surface area contributed by atoms with Crippen molar-refractivity contribution in [1.29, 1.82) is 0 Å². The quantitative estimate of drug-likeness (QED) is 0.574. The first kappa shape index (κ1) is 23.7. The molecular weight excluding hydrogens is 439 g/mol. The van der Waals surface area contributed by atoms with Gasteiger partial charge >= 0.3 is 6.18 Å². The third-order valence-electron chi connectivity index (χ3n) is 6.79. The lowest BCUT2D eigenvalue weighted by molar-refractivity contribution is -0.144. The number of piperazine rings is 1. The second-order valence-corrected chi connectivity index (χ2v) is 9.03. The lowest BCUT2D eigenvalue weighted by Crippen LogP contribution is -2.51. The first-order valence-electron chi connectivity index (χ1n) is 11.2. The van der Waals surface area contributed by atoms with E-state index < -0.39 is 29.0 Å². The summed E-state index contributed by atoms with van der Waals surface area (Å²) in [5, 5.41) is 0. The van der Waals surface area contributed by atoms with E-state index >= 15 is 0 Å². The summed E-state index contributed by atoms with van der Waals surface area (Å²) in [4.78, 5) is 44.5. The van der Waals surface area contributed by atoms with Crippen LogP contribution in [-0.2, 0) is 30.7 Å². The minimum atomic E-state index is -4.60. The van der Waals surface area contributed by atoms with E-state index in [4.69, 9.17) is 4.74 Å². The Hall–Kier alpha value is -2.46. The van der Waals surface area contributed by atoms with Crippen molar-refractivity contribution in [3.63, 3.8) is 0 Å². The molecule has 0 N–H and O–H groups in total. The lowest BCUT2D eigenvalue weighted by Gasteiger charge is -2.36. The number of carbonyl (C=O) groups excluding carboxylic acids is 3. The number of ether oxygens (including phenoxy) is 1.